The number of sulfonamides is 1. The summed E-state index contributed by atoms with van der Waals surface area (Å²) in [6.45, 7) is 2.90. The van der Waals surface area contributed by atoms with Gasteiger partial charge in [0.2, 0.25) is 10.0 Å². The van der Waals surface area contributed by atoms with E-state index in [9.17, 15) is 8.42 Å². The summed E-state index contributed by atoms with van der Waals surface area (Å²) >= 11 is 7.97. The van der Waals surface area contributed by atoms with Crippen molar-refractivity contribution in [3.8, 4) is 0 Å². The fourth-order valence-corrected chi connectivity index (χ4v) is 5.69. The first-order valence-electron chi connectivity index (χ1n) is 9.22. The number of thioether (sulfide) groups is 1. The molecule has 1 heterocycles. The van der Waals surface area contributed by atoms with Crippen LogP contribution in [0.3, 0.4) is 0 Å². The Morgan fingerprint density at radius 1 is 1.04 bits per heavy atom. The van der Waals surface area contributed by atoms with E-state index in [1.807, 2.05) is 24.3 Å². The largest absolute Gasteiger partial charge is 0.303 e. The van der Waals surface area contributed by atoms with E-state index in [1.54, 1.807) is 36.0 Å². The second kappa shape index (κ2) is 9.94. The minimum absolute atomic E-state index is 0.0176. The summed E-state index contributed by atoms with van der Waals surface area (Å²) in [5.74, 6) is 1.03. The molecule has 0 aromatic heterocycles. The van der Waals surface area contributed by atoms with Crippen molar-refractivity contribution in [3.05, 3.63) is 59.6 Å². The quantitative estimate of drug-likeness (QED) is 0.508. The van der Waals surface area contributed by atoms with Gasteiger partial charge < -0.3 is 4.90 Å². The van der Waals surface area contributed by atoms with Gasteiger partial charge in [0.1, 0.15) is 0 Å². The minimum atomic E-state index is -3.42. The van der Waals surface area contributed by atoms with Crippen LogP contribution in [-0.2, 0) is 10.0 Å². The van der Waals surface area contributed by atoms with Gasteiger partial charge in [0.05, 0.1) is 9.92 Å². The molecular weight excluding hydrogens is 400 g/mol. The van der Waals surface area contributed by atoms with E-state index in [4.69, 9.17) is 11.6 Å². The van der Waals surface area contributed by atoms with E-state index in [2.05, 4.69) is 15.7 Å². The summed E-state index contributed by atoms with van der Waals surface area (Å²) in [7, 11) is -3.42. The van der Waals surface area contributed by atoms with Crippen molar-refractivity contribution in [1.29, 1.82) is 0 Å². The van der Waals surface area contributed by atoms with Crippen LogP contribution in [0.5, 0.6) is 0 Å². The number of nitrogens with one attached hydrogen (secondary N) is 1. The summed E-state index contributed by atoms with van der Waals surface area (Å²) in [6.07, 6.45) is 2.80. The van der Waals surface area contributed by atoms with Crippen molar-refractivity contribution in [2.75, 3.05) is 25.4 Å². The normalized spacial score (nSPS) is 16.5. The number of halogens is 1. The van der Waals surface area contributed by atoms with Crippen LogP contribution in [0.25, 0.3) is 0 Å². The highest BCUT2D eigenvalue weighted by Crippen LogP contribution is 2.27. The lowest BCUT2D eigenvalue weighted by Gasteiger charge is -2.32. The Morgan fingerprint density at radius 3 is 2.41 bits per heavy atom. The molecule has 1 saturated heterocycles. The van der Waals surface area contributed by atoms with E-state index in [1.165, 1.54) is 0 Å². The molecule has 1 N–H and O–H groups in total. The number of nitrogens with zero attached hydrogens (tertiary/aromatic N) is 1. The topological polar surface area (TPSA) is 49.4 Å². The third-order valence-electron chi connectivity index (χ3n) is 4.68. The maximum Gasteiger partial charge on any atom is 0.240 e. The lowest BCUT2D eigenvalue weighted by Crippen LogP contribution is -2.44. The summed E-state index contributed by atoms with van der Waals surface area (Å²) in [6, 6.07) is 16.5. The van der Waals surface area contributed by atoms with Crippen molar-refractivity contribution >= 4 is 33.4 Å². The SMILES string of the molecule is O=S(=O)(NC1CCN(CCCSc2ccccc2Cl)CC1)c1ccccc1. The third kappa shape index (κ3) is 6.22. The van der Waals surface area contributed by atoms with E-state index < -0.39 is 10.0 Å². The highest BCUT2D eigenvalue weighted by atomic mass is 35.5. The fourth-order valence-electron chi connectivity index (χ4n) is 3.19. The molecular formula is C20H25ClN2O2S2. The van der Waals surface area contributed by atoms with E-state index in [0.717, 1.165) is 54.6 Å². The number of hydrogen-bond acceptors (Lipinski definition) is 4. The number of benzene rings is 2. The highest BCUT2D eigenvalue weighted by molar-refractivity contribution is 7.99. The van der Waals surface area contributed by atoms with Crippen LogP contribution >= 0.6 is 23.4 Å². The van der Waals surface area contributed by atoms with Crippen molar-refractivity contribution in [1.82, 2.24) is 9.62 Å². The van der Waals surface area contributed by atoms with Gasteiger partial charge in [-0.15, -0.1) is 11.8 Å². The molecule has 0 radical (unpaired) electrons. The smallest absolute Gasteiger partial charge is 0.240 e. The lowest BCUT2D eigenvalue weighted by molar-refractivity contribution is 0.208. The molecule has 0 unspecified atom stereocenters. The summed E-state index contributed by atoms with van der Waals surface area (Å²) in [4.78, 5) is 3.89. The average Bonchev–Trinajstić information content (AvgIpc) is 2.68. The van der Waals surface area contributed by atoms with Crippen molar-refractivity contribution < 1.29 is 8.42 Å². The molecule has 27 heavy (non-hydrogen) atoms. The van der Waals surface area contributed by atoms with Gasteiger partial charge in [-0.3, -0.25) is 0 Å². The van der Waals surface area contributed by atoms with Crippen LogP contribution in [-0.4, -0.2) is 44.7 Å². The molecule has 0 amide bonds. The molecule has 0 saturated carbocycles. The fraction of sp³-hybridized carbons (Fsp3) is 0.400. The van der Waals surface area contributed by atoms with Gasteiger partial charge in [-0.05, 0) is 68.9 Å². The Kier molecular flexibility index (Phi) is 7.61. The molecule has 1 aliphatic heterocycles. The van der Waals surface area contributed by atoms with Crippen LogP contribution in [0.1, 0.15) is 19.3 Å². The van der Waals surface area contributed by atoms with E-state index in [0.29, 0.717) is 4.90 Å². The molecule has 0 bridgehead atoms. The maximum atomic E-state index is 12.4. The Morgan fingerprint density at radius 2 is 1.70 bits per heavy atom. The number of piperidine rings is 1. The van der Waals surface area contributed by atoms with Crippen LogP contribution in [0.15, 0.2) is 64.4 Å². The predicted molar refractivity (Wildman–Crippen MR) is 113 cm³/mol. The third-order valence-corrected chi connectivity index (χ3v) is 7.81. The minimum Gasteiger partial charge on any atom is -0.303 e. The summed E-state index contributed by atoms with van der Waals surface area (Å²) in [5.41, 5.74) is 0. The van der Waals surface area contributed by atoms with Gasteiger partial charge in [-0.2, -0.15) is 0 Å². The van der Waals surface area contributed by atoms with Crippen LogP contribution in [0.2, 0.25) is 5.02 Å². The second-order valence-electron chi connectivity index (χ2n) is 6.68. The van der Waals surface area contributed by atoms with Crippen LogP contribution in [0, 0.1) is 0 Å². The summed E-state index contributed by atoms with van der Waals surface area (Å²) < 4.78 is 27.7. The first-order valence-corrected chi connectivity index (χ1v) is 12.1. The van der Waals surface area contributed by atoms with Gasteiger partial charge >= 0.3 is 0 Å². The van der Waals surface area contributed by atoms with Gasteiger partial charge in [0.15, 0.2) is 0 Å². The van der Waals surface area contributed by atoms with Gasteiger partial charge in [-0.25, -0.2) is 13.1 Å². The highest BCUT2D eigenvalue weighted by Gasteiger charge is 2.24. The number of likely N-dealkylation sites (tertiary alicyclic amines) is 1. The van der Waals surface area contributed by atoms with Gasteiger partial charge in [0.25, 0.3) is 0 Å². The van der Waals surface area contributed by atoms with Gasteiger partial charge in [-0.1, -0.05) is 41.9 Å². The molecule has 3 rings (SSSR count). The molecule has 2 aromatic rings. The Balaban J connectivity index is 1.37. The molecule has 0 atom stereocenters. The number of hydrogen-bond donors (Lipinski definition) is 1. The monoisotopic (exact) mass is 424 g/mol. The Hall–Kier alpha value is -1.05. The zero-order valence-corrected chi connectivity index (χ0v) is 17.6. The molecule has 1 aliphatic rings. The molecule has 4 nitrogen and oxygen atoms in total. The van der Waals surface area contributed by atoms with Crippen molar-refractivity contribution in [2.24, 2.45) is 0 Å². The Bertz CT molecular complexity index is 823. The van der Waals surface area contributed by atoms with Crippen LogP contribution < -0.4 is 4.72 Å². The molecule has 0 spiro atoms. The first kappa shape index (κ1) is 20.7. The predicted octanol–water partition coefficient (Wildman–Crippen LogP) is 4.27. The zero-order valence-electron chi connectivity index (χ0n) is 15.2. The standard InChI is InChI=1S/C20H25ClN2O2S2/c21-19-9-4-5-10-20(19)26-16-6-13-23-14-11-17(12-15-23)22-27(24,25)18-7-2-1-3-8-18/h1-5,7-10,17,22H,6,11-16H2. The summed E-state index contributed by atoms with van der Waals surface area (Å²) in [5, 5.41) is 0.814. The van der Waals surface area contributed by atoms with Crippen molar-refractivity contribution in [2.45, 2.75) is 35.1 Å². The van der Waals surface area contributed by atoms with Gasteiger partial charge in [0, 0.05) is 10.9 Å². The molecule has 7 heteroatoms. The molecule has 1 fully saturated rings. The second-order valence-corrected chi connectivity index (χ2v) is 9.94. The van der Waals surface area contributed by atoms with Crippen molar-refractivity contribution in [3.63, 3.8) is 0 Å². The van der Waals surface area contributed by atoms with Crippen LogP contribution in [0.4, 0.5) is 0 Å². The van der Waals surface area contributed by atoms with E-state index >= 15 is 0 Å². The first-order chi connectivity index (χ1) is 13.0. The van der Waals surface area contributed by atoms with E-state index in [-0.39, 0.29) is 6.04 Å². The molecule has 0 aliphatic carbocycles. The maximum absolute atomic E-state index is 12.4. The lowest BCUT2D eigenvalue weighted by atomic mass is 10.1. The molecule has 146 valence electrons. The average molecular weight is 425 g/mol. The Labute approximate surface area is 171 Å². The molecule has 2 aromatic carbocycles. The number of rotatable bonds is 8. The zero-order chi connectivity index (χ0) is 19.1.